The Morgan fingerprint density at radius 2 is 2.11 bits per heavy atom. The number of aliphatic hydroxyl groups is 1. The first-order valence-corrected chi connectivity index (χ1v) is 7.33. The Morgan fingerprint density at radius 1 is 1.39 bits per heavy atom. The Kier molecular flexibility index (Phi) is 6.68. The minimum absolute atomic E-state index is 0.130. The van der Waals surface area contributed by atoms with E-state index in [4.69, 9.17) is 0 Å². The lowest BCUT2D eigenvalue weighted by molar-refractivity contribution is 0.167. The molecule has 0 aromatic heterocycles. The molecule has 2 N–H and O–H groups in total. The van der Waals surface area contributed by atoms with Crippen LogP contribution in [0.5, 0.6) is 0 Å². The molecule has 0 aliphatic heterocycles. The van der Waals surface area contributed by atoms with Crippen molar-refractivity contribution in [1.82, 2.24) is 5.32 Å². The highest BCUT2D eigenvalue weighted by molar-refractivity contribution is 7.99. The summed E-state index contributed by atoms with van der Waals surface area (Å²) in [4.78, 5) is 0.701. The fourth-order valence-corrected chi connectivity index (χ4v) is 2.75. The van der Waals surface area contributed by atoms with Gasteiger partial charge in [-0.05, 0) is 44.2 Å². The third-order valence-corrected chi connectivity index (χ3v) is 4.05. The van der Waals surface area contributed by atoms with Gasteiger partial charge in [0, 0.05) is 10.4 Å². The van der Waals surface area contributed by atoms with Crippen molar-refractivity contribution in [2.75, 3.05) is 18.9 Å². The molecule has 0 aliphatic carbocycles. The van der Waals surface area contributed by atoms with Crippen molar-refractivity contribution in [2.45, 2.75) is 37.1 Å². The lowest BCUT2D eigenvalue weighted by Crippen LogP contribution is -2.45. The zero-order valence-corrected chi connectivity index (χ0v) is 11.9. The van der Waals surface area contributed by atoms with Crippen LogP contribution in [0.4, 0.5) is 4.39 Å². The number of benzene rings is 1. The van der Waals surface area contributed by atoms with Crippen LogP contribution in [0.3, 0.4) is 0 Å². The summed E-state index contributed by atoms with van der Waals surface area (Å²) in [5.41, 5.74) is -0.218. The number of aliphatic hydroxyl groups excluding tert-OH is 1. The molecule has 1 aromatic rings. The molecule has 1 rings (SSSR count). The molecular weight excluding hydrogens is 249 g/mol. The van der Waals surface area contributed by atoms with Gasteiger partial charge in [0.1, 0.15) is 5.82 Å². The van der Waals surface area contributed by atoms with Crippen molar-refractivity contribution < 1.29 is 9.50 Å². The van der Waals surface area contributed by atoms with Crippen molar-refractivity contribution >= 4 is 11.8 Å². The maximum absolute atomic E-state index is 13.4. The Balaban J connectivity index is 2.32. The fourth-order valence-electron chi connectivity index (χ4n) is 1.86. The highest BCUT2D eigenvalue weighted by Gasteiger charge is 2.20. The molecule has 0 amide bonds. The molecule has 0 fully saturated rings. The van der Waals surface area contributed by atoms with E-state index < -0.39 is 0 Å². The molecule has 0 aliphatic rings. The van der Waals surface area contributed by atoms with Crippen LogP contribution in [0.15, 0.2) is 29.2 Å². The quantitative estimate of drug-likeness (QED) is 0.563. The Hall–Kier alpha value is -0.580. The van der Waals surface area contributed by atoms with Crippen molar-refractivity contribution in [3.63, 3.8) is 0 Å². The normalized spacial score (nSPS) is 14.4. The average Bonchev–Trinajstić information content (AvgIpc) is 2.37. The first kappa shape index (κ1) is 15.5. The molecule has 4 heteroatoms. The third kappa shape index (κ3) is 4.96. The number of thioether (sulfide) groups is 1. The van der Waals surface area contributed by atoms with Gasteiger partial charge in [-0.15, -0.1) is 11.8 Å². The lowest BCUT2D eigenvalue weighted by Gasteiger charge is -2.28. The summed E-state index contributed by atoms with van der Waals surface area (Å²) in [6.45, 7) is 5.02. The monoisotopic (exact) mass is 271 g/mol. The highest BCUT2D eigenvalue weighted by Crippen LogP contribution is 2.23. The number of likely N-dealkylation sites (N-methyl/N-ethyl adjacent to an activating group) is 1. The van der Waals surface area contributed by atoms with Crippen LogP contribution in [0, 0.1) is 5.82 Å². The van der Waals surface area contributed by atoms with Crippen molar-refractivity contribution in [1.29, 1.82) is 0 Å². The predicted molar refractivity (Wildman–Crippen MR) is 75.5 cm³/mol. The van der Waals surface area contributed by atoms with Gasteiger partial charge in [-0.2, -0.15) is 0 Å². The first-order valence-electron chi connectivity index (χ1n) is 6.34. The fraction of sp³-hybridized carbons (Fsp3) is 0.571. The Morgan fingerprint density at radius 3 is 2.72 bits per heavy atom. The van der Waals surface area contributed by atoms with E-state index in [0.29, 0.717) is 4.90 Å². The molecule has 18 heavy (non-hydrogen) atoms. The van der Waals surface area contributed by atoms with Gasteiger partial charge in [0.15, 0.2) is 0 Å². The minimum Gasteiger partial charge on any atom is -0.394 e. The second kappa shape index (κ2) is 7.77. The summed E-state index contributed by atoms with van der Waals surface area (Å²) >= 11 is 1.53. The summed E-state index contributed by atoms with van der Waals surface area (Å²) in [6, 6.07) is 6.84. The van der Waals surface area contributed by atoms with E-state index in [9.17, 15) is 9.50 Å². The van der Waals surface area contributed by atoms with Gasteiger partial charge in [0.05, 0.1) is 6.61 Å². The van der Waals surface area contributed by atoms with Crippen LogP contribution in [-0.2, 0) is 0 Å². The SMILES string of the molecule is CCNC(C)(CO)CCCSc1ccccc1F. The van der Waals surface area contributed by atoms with Crippen LogP contribution < -0.4 is 5.32 Å². The minimum atomic E-state index is -0.218. The van der Waals surface area contributed by atoms with Gasteiger partial charge < -0.3 is 10.4 Å². The molecule has 0 saturated heterocycles. The maximum Gasteiger partial charge on any atom is 0.136 e. The summed E-state index contributed by atoms with van der Waals surface area (Å²) < 4.78 is 13.4. The second-order valence-corrected chi connectivity index (χ2v) is 5.77. The maximum atomic E-state index is 13.4. The highest BCUT2D eigenvalue weighted by atomic mass is 32.2. The second-order valence-electron chi connectivity index (χ2n) is 4.63. The van der Waals surface area contributed by atoms with Crippen molar-refractivity contribution in [2.24, 2.45) is 0 Å². The number of halogens is 1. The van der Waals surface area contributed by atoms with Crippen LogP contribution in [0.1, 0.15) is 26.7 Å². The Labute approximate surface area is 113 Å². The zero-order chi connectivity index (χ0) is 13.4. The first-order chi connectivity index (χ1) is 8.61. The molecule has 1 unspecified atom stereocenters. The van der Waals surface area contributed by atoms with Gasteiger partial charge in [-0.25, -0.2) is 4.39 Å². The van der Waals surface area contributed by atoms with E-state index in [2.05, 4.69) is 5.32 Å². The third-order valence-electron chi connectivity index (χ3n) is 2.92. The standard InChI is InChI=1S/C14H22FNOS/c1-3-16-14(2,11-17)9-6-10-18-13-8-5-4-7-12(13)15/h4-5,7-8,16-17H,3,6,9-11H2,1-2H3. The van der Waals surface area contributed by atoms with E-state index in [1.807, 2.05) is 19.9 Å². The molecule has 2 nitrogen and oxygen atoms in total. The van der Waals surface area contributed by atoms with E-state index >= 15 is 0 Å². The van der Waals surface area contributed by atoms with Gasteiger partial charge in [0.2, 0.25) is 0 Å². The van der Waals surface area contributed by atoms with E-state index in [-0.39, 0.29) is 18.0 Å². The van der Waals surface area contributed by atoms with Crippen molar-refractivity contribution in [3.05, 3.63) is 30.1 Å². The lowest BCUT2D eigenvalue weighted by atomic mass is 9.97. The summed E-state index contributed by atoms with van der Waals surface area (Å²) in [5.74, 6) is 0.709. The molecule has 1 atom stereocenters. The molecular formula is C14H22FNOS. The predicted octanol–water partition coefficient (Wildman–Crippen LogP) is 3.06. The number of hydrogen-bond donors (Lipinski definition) is 2. The summed E-state index contributed by atoms with van der Waals surface area (Å²) in [6.07, 6.45) is 1.84. The van der Waals surface area contributed by atoms with Crippen molar-refractivity contribution in [3.8, 4) is 0 Å². The van der Waals surface area contributed by atoms with Crippen LogP contribution in [-0.4, -0.2) is 29.5 Å². The van der Waals surface area contributed by atoms with E-state index in [0.717, 1.165) is 25.1 Å². The molecule has 102 valence electrons. The summed E-state index contributed by atoms with van der Waals surface area (Å²) in [7, 11) is 0. The molecule has 0 spiro atoms. The summed E-state index contributed by atoms with van der Waals surface area (Å²) in [5, 5.41) is 12.6. The number of nitrogens with one attached hydrogen (secondary N) is 1. The average molecular weight is 271 g/mol. The topological polar surface area (TPSA) is 32.3 Å². The van der Waals surface area contributed by atoms with Gasteiger partial charge in [-0.3, -0.25) is 0 Å². The molecule has 1 aromatic carbocycles. The Bertz CT molecular complexity index is 361. The van der Waals surface area contributed by atoms with Gasteiger partial charge in [0.25, 0.3) is 0 Å². The van der Waals surface area contributed by atoms with Crippen LogP contribution in [0.25, 0.3) is 0 Å². The van der Waals surface area contributed by atoms with Crippen LogP contribution in [0.2, 0.25) is 0 Å². The zero-order valence-electron chi connectivity index (χ0n) is 11.1. The number of rotatable bonds is 8. The van der Waals surface area contributed by atoms with Gasteiger partial charge >= 0.3 is 0 Å². The molecule has 0 heterocycles. The smallest absolute Gasteiger partial charge is 0.136 e. The van der Waals surface area contributed by atoms with Gasteiger partial charge in [-0.1, -0.05) is 19.1 Å². The van der Waals surface area contributed by atoms with Crippen LogP contribution >= 0.6 is 11.8 Å². The molecule has 0 saturated carbocycles. The van der Waals surface area contributed by atoms with E-state index in [1.165, 1.54) is 17.8 Å². The molecule has 0 bridgehead atoms. The molecule has 0 radical (unpaired) electrons. The van der Waals surface area contributed by atoms with E-state index in [1.54, 1.807) is 12.1 Å². The largest absolute Gasteiger partial charge is 0.394 e. The number of hydrogen-bond acceptors (Lipinski definition) is 3.